The van der Waals surface area contributed by atoms with Crippen LogP contribution in [0.15, 0.2) is 24.6 Å². The SMILES string of the molecule is CCOC(=O)C=CN1C(C)(C)CC(OC(=O)CC(=O)OC2CC(C)(C)N(C=CC(=O)OCC)C(C)(C)C2)CC1(C)C. The highest BCUT2D eigenvalue weighted by atomic mass is 16.6. The van der Waals surface area contributed by atoms with Crippen molar-refractivity contribution in [3.05, 3.63) is 24.6 Å². The van der Waals surface area contributed by atoms with Crippen LogP contribution in [0, 0.1) is 0 Å². The maximum atomic E-state index is 12.8. The van der Waals surface area contributed by atoms with E-state index in [4.69, 9.17) is 18.9 Å². The molecule has 0 aromatic carbocycles. The van der Waals surface area contributed by atoms with Crippen LogP contribution in [0.1, 0.15) is 101 Å². The summed E-state index contributed by atoms with van der Waals surface area (Å²) in [6.07, 6.45) is 7.21. The lowest BCUT2D eigenvalue weighted by molar-refractivity contribution is -0.168. The number of piperidine rings is 2. The van der Waals surface area contributed by atoms with Crippen molar-refractivity contribution in [3.8, 4) is 0 Å². The Kier molecular flexibility index (Phi) is 11.1. The van der Waals surface area contributed by atoms with Gasteiger partial charge in [0.1, 0.15) is 18.6 Å². The van der Waals surface area contributed by atoms with Gasteiger partial charge in [-0.05, 0) is 69.2 Å². The monoisotopic (exact) mass is 578 g/mol. The zero-order valence-corrected chi connectivity index (χ0v) is 26.6. The Morgan fingerprint density at radius 3 is 1.17 bits per heavy atom. The van der Waals surface area contributed by atoms with Crippen LogP contribution >= 0.6 is 0 Å². The van der Waals surface area contributed by atoms with Crippen LogP contribution in [-0.4, -0.2) is 81.3 Å². The first-order valence-corrected chi connectivity index (χ1v) is 14.5. The number of ether oxygens (including phenoxy) is 4. The summed E-state index contributed by atoms with van der Waals surface area (Å²) < 4.78 is 21.5. The smallest absolute Gasteiger partial charge is 0.332 e. The molecule has 10 nitrogen and oxygen atoms in total. The molecule has 10 heteroatoms. The standard InChI is InChI=1S/C31H50N2O8/c1-11-38-24(34)13-15-32-28(3,4)18-22(19-29(32,5)6)40-26(36)17-27(37)41-23-20-30(7,8)33(31(9,10)21-23)16-14-25(35)39-12-2/h13-16,22-23H,11-12,17-21H2,1-10H3. The van der Waals surface area contributed by atoms with E-state index in [1.54, 1.807) is 26.2 Å². The fourth-order valence-corrected chi connectivity index (χ4v) is 6.60. The minimum atomic E-state index is -0.615. The molecular weight excluding hydrogens is 528 g/mol. The van der Waals surface area contributed by atoms with E-state index in [-0.39, 0.29) is 12.2 Å². The molecule has 0 N–H and O–H groups in total. The molecule has 0 aromatic heterocycles. The Morgan fingerprint density at radius 1 is 0.610 bits per heavy atom. The van der Waals surface area contributed by atoms with Gasteiger partial charge in [-0.1, -0.05) is 0 Å². The maximum Gasteiger partial charge on any atom is 0.332 e. The molecule has 0 spiro atoms. The van der Waals surface area contributed by atoms with Gasteiger partial charge in [0, 0.05) is 72.4 Å². The molecule has 41 heavy (non-hydrogen) atoms. The molecule has 0 aliphatic carbocycles. The molecule has 2 fully saturated rings. The Balaban J connectivity index is 1.97. The lowest BCUT2D eigenvalue weighted by atomic mass is 9.78. The summed E-state index contributed by atoms with van der Waals surface area (Å²) in [7, 11) is 0. The number of hydrogen-bond donors (Lipinski definition) is 0. The Labute approximate surface area is 245 Å². The van der Waals surface area contributed by atoms with E-state index in [9.17, 15) is 19.2 Å². The van der Waals surface area contributed by atoms with Crippen molar-refractivity contribution < 1.29 is 38.1 Å². The Bertz CT molecular complexity index is 911. The van der Waals surface area contributed by atoms with Crippen molar-refractivity contribution in [3.63, 3.8) is 0 Å². The van der Waals surface area contributed by atoms with E-state index >= 15 is 0 Å². The summed E-state index contributed by atoms with van der Waals surface area (Å²) in [4.78, 5) is 53.5. The van der Waals surface area contributed by atoms with E-state index in [0.717, 1.165) is 0 Å². The number of rotatable bonds is 10. The first kappa shape index (κ1) is 34.2. The third-order valence-electron chi connectivity index (χ3n) is 7.69. The van der Waals surface area contributed by atoms with Crippen molar-refractivity contribution in [2.24, 2.45) is 0 Å². The number of esters is 4. The number of likely N-dealkylation sites (tertiary alicyclic amines) is 2. The summed E-state index contributed by atoms with van der Waals surface area (Å²) in [5.41, 5.74) is -1.65. The van der Waals surface area contributed by atoms with Gasteiger partial charge in [0.05, 0.1) is 13.2 Å². The summed E-state index contributed by atoms with van der Waals surface area (Å²) in [5.74, 6) is -2.04. The summed E-state index contributed by atoms with van der Waals surface area (Å²) in [5, 5.41) is 0. The van der Waals surface area contributed by atoms with Crippen LogP contribution in [0.5, 0.6) is 0 Å². The molecule has 232 valence electrons. The van der Waals surface area contributed by atoms with E-state index in [1.165, 1.54) is 12.2 Å². The molecule has 0 unspecified atom stereocenters. The van der Waals surface area contributed by atoms with Crippen LogP contribution in [0.2, 0.25) is 0 Å². The van der Waals surface area contributed by atoms with Crippen molar-refractivity contribution in [2.45, 2.75) is 136 Å². The second-order valence-electron chi connectivity index (χ2n) is 13.3. The van der Waals surface area contributed by atoms with Gasteiger partial charge in [0.25, 0.3) is 0 Å². The van der Waals surface area contributed by atoms with E-state index in [1.807, 2.05) is 55.4 Å². The van der Waals surface area contributed by atoms with E-state index < -0.39 is 52.5 Å². The molecule has 0 saturated carbocycles. The first-order chi connectivity index (χ1) is 18.8. The minimum Gasteiger partial charge on any atom is -0.463 e. The van der Waals surface area contributed by atoms with Gasteiger partial charge in [-0.25, -0.2) is 9.59 Å². The lowest BCUT2D eigenvalue weighted by Gasteiger charge is -2.54. The van der Waals surface area contributed by atoms with Gasteiger partial charge >= 0.3 is 23.9 Å². The van der Waals surface area contributed by atoms with Gasteiger partial charge in [-0.3, -0.25) is 9.59 Å². The molecular formula is C31H50N2O8. The molecule has 2 aliphatic heterocycles. The highest BCUT2D eigenvalue weighted by molar-refractivity contribution is 5.91. The average molecular weight is 579 g/mol. The van der Waals surface area contributed by atoms with Crippen molar-refractivity contribution in [2.75, 3.05) is 13.2 Å². The highest BCUT2D eigenvalue weighted by Crippen LogP contribution is 2.41. The van der Waals surface area contributed by atoms with E-state index in [0.29, 0.717) is 38.9 Å². The van der Waals surface area contributed by atoms with Crippen molar-refractivity contribution in [1.82, 2.24) is 9.80 Å². The minimum absolute atomic E-state index is 0.305. The number of hydrogen-bond acceptors (Lipinski definition) is 10. The molecule has 0 amide bonds. The fourth-order valence-electron chi connectivity index (χ4n) is 6.60. The second kappa shape index (κ2) is 13.3. The van der Waals surface area contributed by atoms with Gasteiger partial charge in [0.2, 0.25) is 0 Å². The van der Waals surface area contributed by atoms with Crippen molar-refractivity contribution in [1.29, 1.82) is 0 Å². The number of carbonyl (C=O) groups excluding carboxylic acids is 4. The number of nitrogens with zero attached hydrogens (tertiary/aromatic N) is 2. The second-order valence-corrected chi connectivity index (χ2v) is 13.3. The zero-order chi connectivity index (χ0) is 31.2. The largest absolute Gasteiger partial charge is 0.463 e. The molecule has 2 rings (SSSR count). The number of carbonyl (C=O) groups is 4. The quantitative estimate of drug-likeness (QED) is 0.157. The topological polar surface area (TPSA) is 112 Å². The Hall–Kier alpha value is -3.04. The maximum absolute atomic E-state index is 12.8. The van der Waals surface area contributed by atoms with E-state index in [2.05, 4.69) is 9.80 Å². The average Bonchev–Trinajstić information content (AvgIpc) is 2.75. The van der Waals surface area contributed by atoms with Crippen LogP contribution in [0.25, 0.3) is 0 Å². The predicted octanol–water partition coefficient (Wildman–Crippen LogP) is 4.66. The van der Waals surface area contributed by atoms with Gasteiger partial charge in [-0.2, -0.15) is 0 Å². The third-order valence-corrected chi connectivity index (χ3v) is 7.69. The zero-order valence-electron chi connectivity index (χ0n) is 26.6. The summed E-state index contributed by atoms with van der Waals surface area (Å²) in [6.45, 7) is 20.3. The molecule has 2 heterocycles. The summed E-state index contributed by atoms with van der Waals surface area (Å²) in [6, 6.07) is 0. The van der Waals surface area contributed by atoms with Gasteiger partial charge in [-0.15, -0.1) is 0 Å². The summed E-state index contributed by atoms with van der Waals surface area (Å²) >= 11 is 0. The lowest BCUT2D eigenvalue weighted by Crippen LogP contribution is -2.60. The highest BCUT2D eigenvalue weighted by Gasteiger charge is 2.47. The third kappa shape index (κ3) is 9.50. The van der Waals surface area contributed by atoms with Crippen LogP contribution in [0.3, 0.4) is 0 Å². The molecule has 0 bridgehead atoms. The predicted molar refractivity (Wildman–Crippen MR) is 154 cm³/mol. The molecule has 0 aromatic rings. The van der Waals surface area contributed by atoms with Crippen LogP contribution in [-0.2, 0) is 38.1 Å². The fraction of sp³-hybridized carbons (Fsp3) is 0.742. The molecule has 0 atom stereocenters. The van der Waals surface area contributed by atoms with Gasteiger partial charge < -0.3 is 28.7 Å². The van der Waals surface area contributed by atoms with Crippen molar-refractivity contribution >= 4 is 23.9 Å². The Morgan fingerprint density at radius 2 is 0.902 bits per heavy atom. The molecule has 2 aliphatic rings. The first-order valence-electron chi connectivity index (χ1n) is 14.5. The molecule has 0 radical (unpaired) electrons. The van der Waals surface area contributed by atoms with Crippen LogP contribution < -0.4 is 0 Å². The van der Waals surface area contributed by atoms with Gasteiger partial charge in [0.15, 0.2) is 0 Å². The van der Waals surface area contributed by atoms with Crippen LogP contribution in [0.4, 0.5) is 0 Å². The molecule has 2 saturated heterocycles. The normalized spacial score (nSPS) is 22.0.